The first-order valence-corrected chi connectivity index (χ1v) is 13.3. The molecule has 3 aromatic rings. The van der Waals surface area contributed by atoms with E-state index in [9.17, 15) is 9.90 Å². The second-order valence-corrected chi connectivity index (χ2v) is 10.6. The molecule has 1 fully saturated rings. The number of hydrogen-bond acceptors (Lipinski definition) is 4. The van der Waals surface area contributed by atoms with Crippen molar-refractivity contribution in [1.29, 1.82) is 0 Å². The predicted molar refractivity (Wildman–Crippen MR) is 146 cm³/mol. The van der Waals surface area contributed by atoms with Gasteiger partial charge in [0.05, 0.1) is 19.6 Å². The summed E-state index contributed by atoms with van der Waals surface area (Å²) < 4.78 is 47.6. The minimum Gasteiger partial charge on any atom is -0.497 e. The summed E-state index contributed by atoms with van der Waals surface area (Å²) in [5.41, 5.74) is 3.04. The zero-order valence-corrected chi connectivity index (χ0v) is 22.9. The van der Waals surface area contributed by atoms with Crippen molar-refractivity contribution in [2.45, 2.75) is 64.6 Å². The molecule has 0 aromatic heterocycles. The standard InChI is InChI=1S/C32H36F2O5/c1-5-7-21(17-29(35)36)23-8-6-9-28(30(23)34)39-19-20-10-12-24(25-18-22(37-3)11-13-27(25)33)26(16-20)31(38-4)32(2)14-15-32/h6,8-13,16,18,21,31H,5,7,14-15,17,19H2,1-4H3,(H,35,36)/t21-,31-/m0/s1. The second-order valence-electron chi connectivity index (χ2n) is 10.6. The van der Waals surface area contributed by atoms with Crippen LogP contribution in [0.3, 0.4) is 0 Å². The number of aliphatic carboxylic acids is 1. The Labute approximate surface area is 228 Å². The molecule has 1 aliphatic rings. The average molecular weight is 539 g/mol. The lowest BCUT2D eigenvalue weighted by molar-refractivity contribution is -0.137. The predicted octanol–water partition coefficient (Wildman–Crippen LogP) is 8.07. The lowest BCUT2D eigenvalue weighted by atomic mass is 9.87. The molecule has 208 valence electrons. The highest BCUT2D eigenvalue weighted by molar-refractivity contribution is 5.71. The monoisotopic (exact) mass is 538 g/mol. The molecule has 0 saturated heterocycles. The maximum absolute atomic E-state index is 15.4. The molecule has 1 saturated carbocycles. The van der Waals surface area contributed by atoms with Crippen LogP contribution >= 0.6 is 0 Å². The first-order valence-electron chi connectivity index (χ1n) is 13.3. The van der Waals surface area contributed by atoms with E-state index in [0.717, 1.165) is 30.4 Å². The summed E-state index contributed by atoms with van der Waals surface area (Å²) >= 11 is 0. The summed E-state index contributed by atoms with van der Waals surface area (Å²) in [4.78, 5) is 11.3. The van der Waals surface area contributed by atoms with Crippen molar-refractivity contribution < 1.29 is 32.9 Å². The van der Waals surface area contributed by atoms with Crippen LogP contribution in [0.25, 0.3) is 11.1 Å². The van der Waals surface area contributed by atoms with Crippen molar-refractivity contribution in [3.05, 3.63) is 82.9 Å². The van der Waals surface area contributed by atoms with Gasteiger partial charge in [0.1, 0.15) is 18.2 Å². The van der Waals surface area contributed by atoms with Gasteiger partial charge in [-0.15, -0.1) is 0 Å². The van der Waals surface area contributed by atoms with E-state index < -0.39 is 17.7 Å². The number of benzene rings is 3. The molecule has 0 spiro atoms. The van der Waals surface area contributed by atoms with Crippen molar-refractivity contribution in [2.75, 3.05) is 14.2 Å². The molecule has 0 unspecified atom stereocenters. The van der Waals surface area contributed by atoms with Crippen LogP contribution in [0.1, 0.15) is 74.7 Å². The maximum atomic E-state index is 15.4. The fraction of sp³-hybridized carbons (Fsp3) is 0.406. The van der Waals surface area contributed by atoms with Gasteiger partial charge in [-0.3, -0.25) is 4.79 Å². The Balaban J connectivity index is 1.67. The molecule has 0 aliphatic heterocycles. The van der Waals surface area contributed by atoms with E-state index in [1.165, 1.54) is 6.07 Å². The number of carboxylic acid groups (broad SMARTS) is 1. The summed E-state index contributed by atoms with van der Waals surface area (Å²) in [5.74, 6) is -1.67. The van der Waals surface area contributed by atoms with Gasteiger partial charge in [0, 0.05) is 12.7 Å². The van der Waals surface area contributed by atoms with Gasteiger partial charge in [0.25, 0.3) is 0 Å². The first-order chi connectivity index (χ1) is 18.7. The lowest BCUT2D eigenvalue weighted by Gasteiger charge is -2.26. The van der Waals surface area contributed by atoms with Gasteiger partial charge < -0.3 is 19.3 Å². The van der Waals surface area contributed by atoms with Gasteiger partial charge in [0.15, 0.2) is 11.6 Å². The molecule has 39 heavy (non-hydrogen) atoms. The van der Waals surface area contributed by atoms with Crippen LogP contribution in [0.5, 0.6) is 11.5 Å². The Morgan fingerprint density at radius 1 is 1.03 bits per heavy atom. The van der Waals surface area contributed by atoms with Crippen LogP contribution in [0, 0.1) is 17.0 Å². The summed E-state index contributed by atoms with van der Waals surface area (Å²) in [6, 6.07) is 15.1. The highest BCUT2D eigenvalue weighted by Gasteiger charge is 2.46. The maximum Gasteiger partial charge on any atom is 0.303 e. The Bertz CT molecular complexity index is 1320. The van der Waals surface area contributed by atoms with Crippen LogP contribution in [0.4, 0.5) is 8.78 Å². The summed E-state index contributed by atoms with van der Waals surface area (Å²) in [7, 11) is 3.20. The van der Waals surface area contributed by atoms with Crippen LogP contribution in [-0.2, 0) is 16.1 Å². The Kier molecular flexibility index (Phi) is 8.90. The highest BCUT2D eigenvalue weighted by atomic mass is 19.1. The molecule has 3 aromatic carbocycles. The van der Waals surface area contributed by atoms with Gasteiger partial charge in [-0.2, -0.15) is 0 Å². The van der Waals surface area contributed by atoms with Gasteiger partial charge >= 0.3 is 5.97 Å². The fourth-order valence-electron chi connectivity index (χ4n) is 5.29. The van der Waals surface area contributed by atoms with Crippen molar-refractivity contribution in [3.63, 3.8) is 0 Å². The zero-order valence-electron chi connectivity index (χ0n) is 22.9. The highest BCUT2D eigenvalue weighted by Crippen LogP contribution is 2.57. The molecule has 0 heterocycles. The lowest BCUT2D eigenvalue weighted by Crippen LogP contribution is -2.15. The van der Waals surface area contributed by atoms with E-state index in [4.69, 9.17) is 14.2 Å². The van der Waals surface area contributed by atoms with Crippen LogP contribution < -0.4 is 9.47 Å². The Hall–Kier alpha value is -3.45. The molecule has 2 atom stereocenters. The third-order valence-corrected chi connectivity index (χ3v) is 7.65. The molecule has 4 rings (SSSR count). The van der Waals surface area contributed by atoms with Crippen molar-refractivity contribution in [3.8, 4) is 22.6 Å². The van der Waals surface area contributed by atoms with E-state index in [1.807, 2.05) is 25.1 Å². The second kappa shape index (κ2) is 12.2. The molecule has 1 N–H and O–H groups in total. The smallest absolute Gasteiger partial charge is 0.303 e. The molecular formula is C32H36F2O5. The number of halogens is 2. The topological polar surface area (TPSA) is 65.0 Å². The van der Waals surface area contributed by atoms with Crippen LogP contribution in [0.2, 0.25) is 0 Å². The molecular weight excluding hydrogens is 502 g/mol. The molecule has 7 heteroatoms. The normalized spacial score (nSPS) is 15.4. The van der Waals surface area contributed by atoms with Crippen molar-refractivity contribution in [2.24, 2.45) is 5.41 Å². The summed E-state index contributed by atoms with van der Waals surface area (Å²) in [6.07, 6.45) is 2.90. The zero-order chi connectivity index (χ0) is 28.2. The number of rotatable bonds is 13. The van der Waals surface area contributed by atoms with Crippen LogP contribution in [0.15, 0.2) is 54.6 Å². The van der Waals surface area contributed by atoms with E-state index in [-0.39, 0.29) is 36.1 Å². The third-order valence-electron chi connectivity index (χ3n) is 7.65. The first kappa shape index (κ1) is 28.6. The number of hydrogen-bond donors (Lipinski definition) is 1. The van der Waals surface area contributed by atoms with E-state index in [2.05, 4.69) is 6.92 Å². The third kappa shape index (κ3) is 6.41. The number of methoxy groups -OCH3 is 2. The summed E-state index contributed by atoms with van der Waals surface area (Å²) in [5, 5.41) is 9.29. The van der Waals surface area contributed by atoms with Crippen LogP contribution in [-0.4, -0.2) is 25.3 Å². The Morgan fingerprint density at radius 2 is 1.79 bits per heavy atom. The minimum atomic E-state index is -0.962. The number of carboxylic acids is 1. The Morgan fingerprint density at radius 3 is 2.44 bits per heavy atom. The molecule has 0 amide bonds. The number of ether oxygens (including phenoxy) is 3. The van der Waals surface area contributed by atoms with Gasteiger partial charge in [-0.1, -0.05) is 44.5 Å². The molecule has 0 radical (unpaired) electrons. The van der Waals surface area contributed by atoms with Gasteiger partial charge in [-0.25, -0.2) is 8.78 Å². The van der Waals surface area contributed by atoms with Crippen molar-refractivity contribution in [1.82, 2.24) is 0 Å². The molecule has 1 aliphatic carbocycles. The summed E-state index contributed by atoms with van der Waals surface area (Å²) in [6.45, 7) is 4.18. The largest absolute Gasteiger partial charge is 0.497 e. The minimum absolute atomic E-state index is 0.0583. The SMILES string of the molecule is CCC[C@@H](CC(=O)O)c1cccc(OCc2ccc(-c3cc(OC)ccc3F)c([C@H](OC)C3(C)CC3)c2)c1F. The fourth-order valence-corrected chi connectivity index (χ4v) is 5.29. The van der Waals surface area contributed by atoms with E-state index >= 15 is 8.78 Å². The van der Waals surface area contributed by atoms with Gasteiger partial charge in [0.2, 0.25) is 0 Å². The number of carbonyl (C=O) groups is 1. The van der Waals surface area contributed by atoms with E-state index in [1.54, 1.807) is 44.6 Å². The molecule has 0 bridgehead atoms. The van der Waals surface area contributed by atoms with Gasteiger partial charge in [-0.05, 0) is 83.2 Å². The van der Waals surface area contributed by atoms with Crippen molar-refractivity contribution >= 4 is 5.97 Å². The van der Waals surface area contributed by atoms with E-state index in [0.29, 0.717) is 28.9 Å². The quantitative estimate of drug-likeness (QED) is 0.238. The molecule has 5 nitrogen and oxygen atoms in total. The average Bonchev–Trinajstić information content (AvgIpc) is 3.66.